The minimum atomic E-state index is -4.49. The van der Waals surface area contributed by atoms with Crippen LogP contribution in [0.25, 0.3) is 0 Å². The van der Waals surface area contributed by atoms with E-state index in [0.717, 1.165) is 17.1 Å². The van der Waals surface area contributed by atoms with Gasteiger partial charge in [-0.05, 0) is 18.2 Å². The van der Waals surface area contributed by atoms with Gasteiger partial charge in [0.1, 0.15) is 5.01 Å². The smallest absolute Gasteiger partial charge is 0.326 e. The third-order valence-corrected chi connectivity index (χ3v) is 4.37. The van der Waals surface area contributed by atoms with Crippen LogP contribution in [0, 0.1) is 0 Å². The molecule has 2 amide bonds. The summed E-state index contributed by atoms with van der Waals surface area (Å²) in [6.07, 6.45) is -4.78. The Kier molecular flexibility index (Phi) is 6.30. The number of amides is 2. The molecular formula is C16H17F3N4O2S. The molecule has 0 atom stereocenters. The molecule has 0 unspecified atom stereocenters. The first-order chi connectivity index (χ1) is 12.1. The van der Waals surface area contributed by atoms with Gasteiger partial charge >= 0.3 is 6.18 Å². The largest absolute Gasteiger partial charge is 0.416 e. The molecule has 6 nitrogen and oxygen atoms in total. The number of carbonyl (C=O) groups is 2. The fraction of sp³-hybridized carbons (Fsp3) is 0.375. The van der Waals surface area contributed by atoms with Crippen molar-refractivity contribution < 1.29 is 22.8 Å². The van der Waals surface area contributed by atoms with Crippen LogP contribution in [0.15, 0.2) is 24.3 Å². The number of aromatic nitrogens is 2. The SMILES string of the molecule is CC(C)c1nnc(NC(=O)CCC(=O)Nc2cccc(C(F)(F)F)c2)s1. The number of carbonyl (C=O) groups excluding carboxylic acids is 2. The van der Waals surface area contributed by atoms with Gasteiger partial charge in [-0.3, -0.25) is 9.59 Å². The second-order valence-electron chi connectivity index (χ2n) is 5.78. The maximum absolute atomic E-state index is 12.6. The van der Waals surface area contributed by atoms with E-state index in [1.165, 1.54) is 23.5 Å². The number of halogens is 3. The van der Waals surface area contributed by atoms with Crippen LogP contribution < -0.4 is 10.6 Å². The average molecular weight is 386 g/mol. The van der Waals surface area contributed by atoms with E-state index in [-0.39, 0.29) is 24.4 Å². The Morgan fingerprint density at radius 2 is 1.77 bits per heavy atom. The quantitative estimate of drug-likeness (QED) is 0.785. The number of benzene rings is 1. The molecule has 1 aromatic carbocycles. The van der Waals surface area contributed by atoms with Crippen LogP contribution in [0.4, 0.5) is 24.0 Å². The van der Waals surface area contributed by atoms with Crippen molar-refractivity contribution in [3.63, 3.8) is 0 Å². The Morgan fingerprint density at radius 3 is 2.35 bits per heavy atom. The summed E-state index contributed by atoms with van der Waals surface area (Å²) in [4.78, 5) is 23.7. The highest BCUT2D eigenvalue weighted by Gasteiger charge is 2.30. The molecule has 140 valence electrons. The first kappa shape index (κ1) is 19.8. The molecule has 0 bridgehead atoms. The summed E-state index contributed by atoms with van der Waals surface area (Å²) >= 11 is 1.25. The van der Waals surface area contributed by atoms with Crippen LogP contribution in [0.5, 0.6) is 0 Å². The van der Waals surface area contributed by atoms with Crippen LogP contribution in [0.1, 0.15) is 43.2 Å². The zero-order valence-corrected chi connectivity index (χ0v) is 14.9. The minimum Gasteiger partial charge on any atom is -0.326 e. The minimum absolute atomic E-state index is 0.0240. The van der Waals surface area contributed by atoms with Gasteiger partial charge in [0.25, 0.3) is 0 Å². The number of alkyl halides is 3. The molecule has 2 rings (SSSR count). The van der Waals surface area contributed by atoms with Crippen molar-refractivity contribution in [3.05, 3.63) is 34.8 Å². The van der Waals surface area contributed by atoms with Gasteiger partial charge in [0.05, 0.1) is 5.56 Å². The number of anilines is 2. The molecule has 10 heteroatoms. The van der Waals surface area contributed by atoms with Crippen molar-refractivity contribution >= 4 is 34.0 Å². The summed E-state index contributed by atoms with van der Waals surface area (Å²) in [5.74, 6) is -0.786. The summed E-state index contributed by atoms with van der Waals surface area (Å²) in [5, 5.41) is 13.8. The van der Waals surface area contributed by atoms with Crippen LogP contribution in [0.3, 0.4) is 0 Å². The second-order valence-corrected chi connectivity index (χ2v) is 6.78. The number of hydrogen-bond donors (Lipinski definition) is 2. The molecular weight excluding hydrogens is 369 g/mol. The van der Waals surface area contributed by atoms with Crippen molar-refractivity contribution in [2.24, 2.45) is 0 Å². The van der Waals surface area contributed by atoms with Crippen LogP contribution in [0.2, 0.25) is 0 Å². The van der Waals surface area contributed by atoms with Crippen molar-refractivity contribution in [1.29, 1.82) is 0 Å². The highest BCUT2D eigenvalue weighted by Crippen LogP contribution is 2.30. The summed E-state index contributed by atoms with van der Waals surface area (Å²) in [7, 11) is 0. The van der Waals surface area contributed by atoms with E-state index in [1.54, 1.807) is 0 Å². The van der Waals surface area contributed by atoms with E-state index in [4.69, 9.17) is 0 Å². The van der Waals surface area contributed by atoms with Gasteiger partial charge in [-0.2, -0.15) is 13.2 Å². The molecule has 0 spiro atoms. The van der Waals surface area contributed by atoms with Crippen molar-refractivity contribution in [1.82, 2.24) is 10.2 Å². The van der Waals surface area contributed by atoms with E-state index in [0.29, 0.717) is 5.13 Å². The molecule has 26 heavy (non-hydrogen) atoms. The molecule has 2 aromatic rings. The summed E-state index contributed by atoms with van der Waals surface area (Å²) < 4.78 is 37.9. The Hall–Kier alpha value is -2.49. The summed E-state index contributed by atoms with van der Waals surface area (Å²) in [6, 6.07) is 4.30. The van der Waals surface area contributed by atoms with Crippen molar-refractivity contribution in [2.45, 2.75) is 38.8 Å². The number of nitrogens with zero attached hydrogens (tertiary/aromatic N) is 2. The van der Waals surface area contributed by atoms with E-state index >= 15 is 0 Å². The van der Waals surface area contributed by atoms with Crippen LogP contribution in [-0.4, -0.2) is 22.0 Å². The van der Waals surface area contributed by atoms with Gasteiger partial charge in [-0.15, -0.1) is 10.2 Å². The molecule has 2 N–H and O–H groups in total. The number of nitrogens with one attached hydrogen (secondary N) is 2. The monoisotopic (exact) mass is 386 g/mol. The molecule has 0 saturated heterocycles. The highest BCUT2D eigenvalue weighted by atomic mass is 32.1. The molecule has 0 aliphatic carbocycles. The Morgan fingerprint density at radius 1 is 1.12 bits per heavy atom. The Balaban J connectivity index is 1.83. The van der Waals surface area contributed by atoms with E-state index in [9.17, 15) is 22.8 Å². The zero-order valence-electron chi connectivity index (χ0n) is 14.1. The van der Waals surface area contributed by atoms with Gasteiger partial charge in [-0.25, -0.2) is 0 Å². The van der Waals surface area contributed by atoms with E-state index in [2.05, 4.69) is 20.8 Å². The zero-order chi connectivity index (χ0) is 19.3. The molecule has 1 aromatic heterocycles. The molecule has 0 fully saturated rings. The summed E-state index contributed by atoms with van der Waals surface area (Å²) in [5.41, 5.74) is -0.832. The first-order valence-electron chi connectivity index (χ1n) is 7.75. The van der Waals surface area contributed by atoms with E-state index in [1.807, 2.05) is 13.8 Å². The average Bonchev–Trinajstić information content (AvgIpc) is 3.01. The molecule has 0 aliphatic rings. The molecule has 0 aliphatic heterocycles. The first-order valence-corrected chi connectivity index (χ1v) is 8.57. The van der Waals surface area contributed by atoms with Crippen LogP contribution >= 0.6 is 11.3 Å². The Bertz CT molecular complexity index is 790. The molecule has 0 radical (unpaired) electrons. The standard InChI is InChI=1S/C16H17F3N4O2S/c1-9(2)14-22-23-15(26-14)21-13(25)7-6-12(24)20-11-5-3-4-10(8-11)16(17,18)19/h3-5,8-9H,6-7H2,1-2H3,(H,20,24)(H,21,23,25). The third kappa shape index (κ3) is 5.80. The van der Waals surface area contributed by atoms with Gasteiger partial charge in [0, 0.05) is 24.4 Å². The lowest BCUT2D eigenvalue weighted by molar-refractivity contribution is -0.137. The van der Waals surface area contributed by atoms with Crippen molar-refractivity contribution in [3.8, 4) is 0 Å². The van der Waals surface area contributed by atoms with Gasteiger partial charge in [-0.1, -0.05) is 31.3 Å². The normalized spacial score (nSPS) is 11.5. The van der Waals surface area contributed by atoms with Crippen molar-refractivity contribution in [2.75, 3.05) is 10.6 Å². The predicted molar refractivity (Wildman–Crippen MR) is 91.9 cm³/mol. The summed E-state index contributed by atoms with van der Waals surface area (Å²) in [6.45, 7) is 3.90. The highest BCUT2D eigenvalue weighted by molar-refractivity contribution is 7.15. The maximum Gasteiger partial charge on any atom is 0.416 e. The molecule has 0 saturated carbocycles. The number of hydrogen-bond acceptors (Lipinski definition) is 5. The lowest BCUT2D eigenvalue weighted by Crippen LogP contribution is -2.17. The fourth-order valence-corrected chi connectivity index (χ4v) is 2.69. The van der Waals surface area contributed by atoms with Gasteiger partial charge in [0.2, 0.25) is 16.9 Å². The van der Waals surface area contributed by atoms with Gasteiger partial charge in [0.15, 0.2) is 0 Å². The fourth-order valence-electron chi connectivity index (χ4n) is 1.92. The lowest BCUT2D eigenvalue weighted by atomic mass is 10.2. The van der Waals surface area contributed by atoms with E-state index < -0.39 is 23.6 Å². The second kappa shape index (κ2) is 8.26. The topological polar surface area (TPSA) is 84.0 Å². The Labute approximate surface area is 151 Å². The third-order valence-electron chi connectivity index (χ3n) is 3.23. The lowest BCUT2D eigenvalue weighted by Gasteiger charge is -2.09. The number of rotatable bonds is 6. The van der Waals surface area contributed by atoms with Crippen LogP contribution in [-0.2, 0) is 15.8 Å². The van der Waals surface area contributed by atoms with Gasteiger partial charge < -0.3 is 10.6 Å². The maximum atomic E-state index is 12.6. The predicted octanol–water partition coefficient (Wildman–Crippen LogP) is 4.04. The molecule has 1 heterocycles.